The van der Waals surface area contributed by atoms with E-state index in [0.29, 0.717) is 31.2 Å². The molecule has 0 atom stereocenters. The standard InChI is InChI=1S/C21H26ClN3O3S/c22-18-5-1-17-14-20(8-4-16(17)13-18)29(27,28)25-11-9-24(10-12-25)21(26)15-2-6-19(23)7-3-15/h1,4-5,8,13-15,19H,2-3,6-7,9-12,23H2/t15-,19-. The van der Waals surface area contributed by atoms with Gasteiger partial charge in [-0.1, -0.05) is 23.7 Å². The van der Waals surface area contributed by atoms with Gasteiger partial charge in [-0.2, -0.15) is 4.31 Å². The van der Waals surface area contributed by atoms with Crippen LogP contribution < -0.4 is 5.73 Å². The van der Waals surface area contributed by atoms with Gasteiger partial charge < -0.3 is 10.6 Å². The van der Waals surface area contributed by atoms with Gasteiger partial charge in [-0.15, -0.1) is 0 Å². The Bertz CT molecular complexity index is 1010. The molecule has 1 saturated carbocycles. The van der Waals surface area contributed by atoms with Gasteiger partial charge in [-0.25, -0.2) is 8.42 Å². The van der Waals surface area contributed by atoms with Crippen molar-refractivity contribution in [3.05, 3.63) is 41.4 Å². The zero-order valence-electron chi connectivity index (χ0n) is 16.3. The minimum absolute atomic E-state index is 0.0327. The predicted molar refractivity (Wildman–Crippen MR) is 114 cm³/mol. The third-order valence-corrected chi connectivity index (χ3v) is 8.21. The summed E-state index contributed by atoms with van der Waals surface area (Å²) in [4.78, 5) is 14.9. The number of carbonyl (C=O) groups excluding carboxylic acids is 1. The summed E-state index contributed by atoms with van der Waals surface area (Å²) in [6.45, 7) is 1.51. The van der Waals surface area contributed by atoms with Crippen molar-refractivity contribution >= 4 is 38.3 Å². The summed E-state index contributed by atoms with van der Waals surface area (Å²) in [6, 6.07) is 10.7. The van der Waals surface area contributed by atoms with E-state index >= 15 is 0 Å². The molecule has 1 amide bonds. The van der Waals surface area contributed by atoms with Crippen LogP contribution in [0.4, 0.5) is 0 Å². The summed E-state index contributed by atoms with van der Waals surface area (Å²) in [5, 5.41) is 2.35. The normalized spacial score (nSPS) is 24.0. The fourth-order valence-electron chi connectivity index (χ4n) is 4.28. The van der Waals surface area contributed by atoms with E-state index < -0.39 is 10.0 Å². The molecule has 1 saturated heterocycles. The summed E-state index contributed by atoms with van der Waals surface area (Å²) in [5.41, 5.74) is 5.93. The van der Waals surface area contributed by atoms with Crippen molar-refractivity contribution in [2.75, 3.05) is 26.2 Å². The molecule has 1 aliphatic carbocycles. The number of fused-ring (bicyclic) bond motifs is 1. The molecule has 2 aromatic carbocycles. The second kappa shape index (κ2) is 8.22. The van der Waals surface area contributed by atoms with Gasteiger partial charge in [0.15, 0.2) is 0 Å². The number of hydrogen-bond acceptors (Lipinski definition) is 4. The Hall–Kier alpha value is -1.67. The van der Waals surface area contributed by atoms with Crippen molar-refractivity contribution in [1.29, 1.82) is 0 Å². The molecule has 0 spiro atoms. The number of nitrogens with two attached hydrogens (primary N) is 1. The Labute approximate surface area is 176 Å². The van der Waals surface area contributed by atoms with Crippen molar-refractivity contribution in [3.8, 4) is 0 Å². The van der Waals surface area contributed by atoms with E-state index in [1.807, 2.05) is 17.0 Å². The van der Waals surface area contributed by atoms with E-state index in [2.05, 4.69) is 0 Å². The van der Waals surface area contributed by atoms with Crippen LogP contribution in [0.3, 0.4) is 0 Å². The van der Waals surface area contributed by atoms with Gasteiger partial charge >= 0.3 is 0 Å². The number of rotatable bonds is 3. The minimum atomic E-state index is -3.60. The van der Waals surface area contributed by atoms with E-state index in [4.69, 9.17) is 17.3 Å². The van der Waals surface area contributed by atoms with Gasteiger partial charge in [0.2, 0.25) is 15.9 Å². The van der Waals surface area contributed by atoms with Crippen LogP contribution >= 0.6 is 11.6 Å². The minimum Gasteiger partial charge on any atom is -0.340 e. The highest BCUT2D eigenvalue weighted by Crippen LogP contribution is 2.27. The molecule has 6 nitrogen and oxygen atoms in total. The monoisotopic (exact) mass is 435 g/mol. The molecule has 2 fully saturated rings. The lowest BCUT2D eigenvalue weighted by molar-refractivity contribution is -0.137. The maximum atomic E-state index is 13.1. The molecular formula is C21H26ClN3O3S. The molecule has 8 heteroatoms. The van der Waals surface area contributed by atoms with Crippen LogP contribution in [0.1, 0.15) is 25.7 Å². The Kier molecular flexibility index (Phi) is 5.84. The number of piperazine rings is 1. The van der Waals surface area contributed by atoms with Crippen LogP contribution in [0, 0.1) is 5.92 Å². The summed E-state index contributed by atoms with van der Waals surface area (Å²) in [5.74, 6) is 0.182. The fraction of sp³-hybridized carbons (Fsp3) is 0.476. The number of amides is 1. The molecule has 0 radical (unpaired) electrons. The molecule has 2 N–H and O–H groups in total. The number of hydrogen-bond donors (Lipinski definition) is 1. The van der Waals surface area contributed by atoms with Gasteiger partial charge in [-0.05, 0) is 60.7 Å². The summed E-state index contributed by atoms with van der Waals surface area (Å²) >= 11 is 6.01. The predicted octanol–water partition coefficient (Wildman–Crippen LogP) is 2.84. The average Bonchev–Trinajstić information content (AvgIpc) is 2.73. The molecule has 0 aromatic heterocycles. The third-order valence-electron chi connectivity index (χ3n) is 6.08. The zero-order chi connectivity index (χ0) is 20.6. The van der Waals surface area contributed by atoms with Gasteiger partial charge in [-0.3, -0.25) is 4.79 Å². The molecule has 156 valence electrons. The Morgan fingerprint density at radius 2 is 1.55 bits per heavy atom. The number of benzene rings is 2. The quantitative estimate of drug-likeness (QED) is 0.803. The van der Waals surface area contributed by atoms with Crippen molar-refractivity contribution in [1.82, 2.24) is 9.21 Å². The molecule has 2 aliphatic rings. The van der Waals surface area contributed by atoms with Gasteiger partial charge in [0.1, 0.15) is 0 Å². The summed E-state index contributed by atoms with van der Waals surface area (Å²) < 4.78 is 27.7. The smallest absolute Gasteiger partial charge is 0.243 e. The highest BCUT2D eigenvalue weighted by molar-refractivity contribution is 7.89. The highest BCUT2D eigenvalue weighted by Gasteiger charge is 2.33. The first-order valence-corrected chi connectivity index (χ1v) is 11.9. The van der Waals surface area contributed by atoms with Crippen molar-refractivity contribution < 1.29 is 13.2 Å². The zero-order valence-corrected chi connectivity index (χ0v) is 17.8. The van der Waals surface area contributed by atoms with E-state index in [0.717, 1.165) is 36.5 Å². The maximum Gasteiger partial charge on any atom is 0.243 e. The number of nitrogens with zero attached hydrogens (tertiary/aromatic N) is 2. The van der Waals surface area contributed by atoms with Gasteiger partial charge in [0.05, 0.1) is 4.90 Å². The largest absolute Gasteiger partial charge is 0.340 e. The van der Waals surface area contributed by atoms with E-state index in [1.165, 1.54) is 4.31 Å². The van der Waals surface area contributed by atoms with E-state index in [-0.39, 0.29) is 22.8 Å². The van der Waals surface area contributed by atoms with Crippen molar-refractivity contribution in [3.63, 3.8) is 0 Å². The van der Waals surface area contributed by atoms with Crippen LogP contribution in [0.15, 0.2) is 41.3 Å². The third kappa shape index (κ3) is 4.28. The Morgan fingerprint density at radius 1 is 0.931 bits per heavy atom. The molecule has 1 aliphatic heterocycles. The second-order valence-corrected chi connectivity index (χ2v) is 10.4. The first-order valence-electron chi connectivity index (χ1n) is 10.1. The van der Waals surface area contributed by atoms with Gasteiger partial charge in [0.25, 0.3) is 0 Å². The first-order chi connectivity index (χ1) is 13.8. The molecule has 2 aromatic rings. The van der Waals surface area contributed by atoms with Crippen LogP contribution in [-0.2, 0) is 14.8 Å². The lowest BCUT2D eigenvalue weighted by Gasteiger charge is -2.37. The lowest BCUT2D eigenvalue weighted by Crippen LogP contribution is -2.52. The second-order valence-electron chi connectivity index (χ2n) is 7.99. The number of carbonyl (C=O) groups is 1. The lowest BCUT2D eigenvalue weighted by atomic mass is 9.85. The molecular weight excluding hydrogens is 410 g/mol. The van der Waals surface area contributed by atoms with Crippen LogP contribution in [-0.4, -0.2) is 55.8 Å². The molecule has 1 heterocycles. The summed E-state index contributed by atoms with van der Waals surface area (Å²) in [7, 11) is -3.60. The fourth-order valence-corrected chi connectivity index (χ4v) is 5.92. The Balaban J connectivity index is 1.43. The maximum absolute atomic E-state index is 13.1. The van der Waals surface area contributed by atoms with Crippen molar-refractivity contribution in [2.45, 2.75) is 36.6 Å². The van der Waals surface area contributed by atoms with E-state index in [9.17, 15) is 13.2 Å². The first kappa shape index (κ1) is 20.6. The van der Waals surface area contributed by atoms with Crippen LogP contribution in [0.25, 0.3) is 10.8 Å². The van der Waals surface area contributed by atoms with Gasteiger partial charge in [0, 0.05) is 43.2 Å². The average molecular weight is 436 g/mol. The van der Waals surface area contributed by atoms with Crippen molar-refractivity contribution in [2.24, 2.45) is 11.7 Å². The molecule has 0 bridgehead atoms. The molecule has 29 heavy (non-hydrogen) atoms. The van der Waals surface area contributed by atoms with E-state index in [1.54, 1.807) is 24.3 Å². The molecule has 4 rings (SSSR count). The highest BCUT2D eigenvalue weighted by atomic mass is 35.5. The SMILES string of the molecule is N[C@H]1CC[C@H](C(=O)N2CCN(S(=O)(=O)c3ccc4cc(Cl)ccc4c3)CC2)CC1. The molecule has 0 unspecified atom stereocenters. The summed E-state index contributed by atoms with van der Waals surface area (Å²) in [6.07, 6.45) is 3.44. The topological polar surface area (TPSA) is 83.7 Å². The number of halogens is 1. The number of sulfonamides is 1. The van der Waals surface area contributed by atoms with Crippen LogP contribution in [0.5, 0.6) is 0 Å². The van der Waals surface area contributed by atoms with Crippen LogP contribution in [0.2, 0.25) is 5.02 Å². The Morgan fingerprint density at radius 3 is 2.24 bits per heavy atom.